The lowest BCUT2D eigenvalue weighted by molar-refractivity contribution is -0.337. The second-order valence-corrected chi connectivity index (χ2v) is 17.2. The highest BCUT2D eigenvalue weighted by Gasteiger charge is 2.50. The molecule has 3 aliphatic carbocycles. The van der Waals surface area contributed by atoms with E-state index in [-0.39, 0.29) is 69.3 Å². The van der Waals surface area contributed by atoms with E-state index in [1.54, 1.807) is 23.2 Å². The standard InChI is InChI=1S/C42H52ClF3N8O6/c1-22(2)35(53-40(58)59-6)39(57)54-21-23(3)15-32(54)36-50-20-31(51-36)25-9-7-24(8-10-25)27-16-29(43)30(17-33(27)60-42(44,45)46)52-37(55)26-11-12-34(49-19-26)47-13-14-48-38(56)28-18-41(28,4)5/h7,9,11-12,16,19-20,22-23,28,32-33,35H,8,10,13-15,17-18,21H2,1-6H3,(H,47,49)(H,48,56)(H,50,51)(H,52,55)(H,53,58). The maximum atomic E-state index is 13.7. The van der Waals surface area contributed by atoms with E-state index in [9.17, 15) is 32.3 Å². The quantitative estimate of drug-likeness (QED) is 0.127. The molecule has 14 nitrogen and oxygen atoms in total. The van der Waals surface area contributed by atoms with Crippen molar-refractivity contribution in [2.75, 3.05) is 32.1 Å². The van der Waals surface area contributed by atoms with Gasteiger partial charge in [0.15, 0.2) is 0 Å². The third-order valence-electron chi connectivity index (χ3n) is 11.4. The van der Waals surface area contributed by atoms with Crippen LogP contribution in [0.25, 0.3) is 5.57 Å². The number of methoxy groups -OCH3 is 1. The number of rotatable bonds is 14. The zero-order chi connectivity index (χ0) is 43.5. The van der Waals surface area contributed by atoms with Crippen molar-refractivity contribution in [3.63, 3.8) is 0 Å². The molecular formula is C42H52ClF3N8O6. The normalized spacial score (nSPS) is 23.0. The average molecular weight is 857 g/mol. The summed E-state index contributed by atoms with van der Waals surface area (Å²) >= 11 is 6.61. The van der Waals surface area contributed by atoms with Gasteiger partial charge < -0.3 is 35.9 Å². The van der Waals surface area contributed by atoms with Gasteiger partial charge in [0.05, 0.1) is 41.7 Å². The van der Waals surface area contributed by atoms with E-state index in [0.29, 0.717) is 61.8 Å². The van der Waals surface area contributed by atoms with Crippen LogP contribution in [-0.2, 0) is 19.1 Å². The number of hydrogen-bond acceptors (Lipinski definition) is 9. The molecule has 60 heavy (non-hydrogen) atoms. The molecule has 4 amide bonds. The summed E-state index contributed by atoms with van der Waals surface area (Å²) in [6.07, 6.45) is 2.84. The summed E-state index contributed by atoms with van der Waals surface area (Å²) in [5.74, 6) is 0.290. The number of nitrogens with zero attached hydrogens (tertiary/aromatic N) is 3. The van der Waals surface area contributed by atoms with Crippen molar-refractivity contribution in [1.29, 1.82) is 0 Å². The number of alkyl carbamates (subject to hydrolysis) is 1. The first-order valence-corrected chi connectivity index (χ1v) is 20.5. The molecule has 2 fully saturated rings. The molecule has 5 atom stereocenters. The number of halogens is 4. The maximum Gasteiger partial charge on any atom is 0.523 e. The van der Waals surface area contributed by atoms with Crippen LogP contribution in [0.3, 0.4) is 0 Å². The number of aromatic amines is 1. The van der Waals surface area contributed by atoms with E-state index >= 15 is 0 Å². The number of carbonyl (C=O) groups excluding carboxylic acids is 4. The molecule has 18 heteroatoms. The summed E-state index contributed by atoms with van der Waals surface area (Å²) in [6.45, 7) is 11.2. The van der Waals surface area contributed by atoms with Gasteiger partial charge >= 0.3 is 12.5 Å². The first-order valence-electron chi connectivity index (χ1n) is 20.1. The highest BCUT2D eigenvalue weighted by molar-refractivity contribution is 6.32. The third kappa shape index (κ3) is 10.8. The summed E-state index contributed by atoms with van der Waals surface area (Å²) in [5.41, 5.74) is 2.70. The SMILES string of the molecule is COC(=O)NC(C(=O)N1CC(C)CC1c1ncc(C2=CC=C(C3=CC(Cl)=C(NC(=O)c4ccc(NCCNC(=O)C5CC5(C)C)nc4)CC3OC(F)(F)F)CC2)[nH]1)C(C)C. The Labute approximate surface area is 351 Å². The Balaban J connectivity index is 1.11. The largest absolute Gasteiger partial charge is 0.523 e. The minimum Gasteiger partial charge on any atom is -0.453 e. The molecule has 0 spiro atoms. The molecule has 4 aliphatic rings. The van der Waals surface area contributed by atoms with E-state index in [1.165, 1.54) is 25.4 Å². The number of pyridine rings is 1. The molecule has 3 heterocycles. The molecule has 0 radical (unpaired) electrons. The number of imidazole rings is 1. The van der Waals surface area contributed by atoms with Crippen molar-refractivity contribution in [3.05, 3.63) is 81.7 Å². The zero-order valence-corrected chi connectivity index (χ0v) is 35.2. The zero-order valence-electron chi connectivity index (χ0n) is 34.5. The summed E-state index contributed by atoms with van der Waals surface area (Å²) in [5, 5.41) is 11.3. The predicted octanol–water partition coefficient (Wildman–Crippen LogP) is 6.89. The van der Waals surface area contributed by atoms with Crippen molar-refractivity contribution in [2.24, 2.45) is 23.2 Å². The Hall–Kier alpha value is -5.16. The van der Waals surface area contributed by atoms with Crippen LogP contribution in [-0.4, -0.2) is 88.9 Å². The molecule has 5 N–H and O–H groups in total. The van der Waals surface area contributed by atoms with Crippen LogP contribution in [0, 0.1) is 23.2 Å². The molecule has 6 rings (SSSR count). The van der Waals surface area contributed by atoms with Crippen LogP contribution in [0.4, 0.5) is 23.8 Å². The molecule has 0 bridgehead atoms. The van der Waals surface area contributed by atoms with E-state index < -0.39 is 30.5 Å². The fourth-order valence-electron chi connectivity index (χ4n) is 7.84. The van der Waals surface area contributed by atoms with Gasteiger partial charge in [-0.2, -0.15) is 0 Å². The number of H-pyrrole nitrogens is 1. The van der Waals surface area contributed by atoms with Crippen LogP contribution in [0.15, 0.2) is 64.6 Å². The first kappa shape index (κ1) is 44.4. The highest BCUT2D eigenvalue weighted by atomic mass is 35.5. The van der Waals surface area contributed by atoms with Crippen LogP contribution < -0.4 is 21.3 Å². The Morgan fingerprint density at radius 1 is 1.07 bits per heavy atom. The summed E-state index contributed by atoms with van der Waals surface area (Å²) < 4.78 is 50.6. The van der Waals surface area contributed by atoms with Crippen LogP contribution in [0.2, 0.25) is 0 Å². The number of carbonyl (C=O) groups is 4. The van der Waals surface area contributed by atoms with Crippen LogP contribution in [0.5, 0.6) is 0 Å². The predicted molar refractivity (Wildman–Crippen MR) is 218 cm³/mol. The number of alkyl halides is 3. The summed E-state index contributed by atoms with van der Waals surface area (Å²) in [7, 11) is 1.24. The Morgan fingerprint density at radius 2 is 1.78 bits per heavy atom. The van der Waals surface area contributed by atoms with Gasteiger partial charge in [-0.1, -0.05) is 58.4 Å². The average Bonchev–Trinajstić information content (AvgIpc) is 3.48. The number of amides is 4. The minimum atomic E-state index is -4.97. The summed E-state index contributed by atoms with van der Waals surface area (Å²) in [6, 6.07) is 1.98. The van der Waals surface area contributed by atoms with E-state index in [4.69, 9.17) is 16.3 Å². The lowest BCUT2D eigenvalue weighted by atomic mass is 9.86. The van der Waals surface area contributed by atoms with Gasteiger partial charge in [0.2, 0.25) is 11.8 Å². The molecule has 1 saturated carbocycles. The topological polar surface area (TPSA) is 180 Å². The van der Waals surface area contributed by atoms with Gasteiger partial charge in [-0.25, -0.2) is 14.8 Å². The number of ether oxygens (including phenoxy) is 2. The Kier molecular flexibility index (Phi) is 13.5. The molecule has 1 aliphatic heterocycles. The van der Waals surface area contributed by atoms with Crippen molar-refractivity contribution in [1.82, 2.24) is 35.8 Å². The first-order chi connectivity index (χ1) is 28.3. The monoisotopic (exact) mass is 856 g/mol. The number of aromatic nitrogens is 3. The number of allylic oxidation sites excluding steroid dienone is 5. The molecule has 2 aromatic rings. The third-order valence-corrected chi connectivity index (χ3v) is 11.7. The van der Waals surface area contributed by atoms with Gasteiger partial charge in [-0.15, -0.1) is 13.2 Å². The lowest BCUT2D eigenvalue weighted by Crippen LogP contribution is -2.51. The maximum absolute atomic E-state index is 13.7. The van der Waals surface area contributed by atoms with E-state index in [1.807, 2.05) is 26.8 Å². The lowest BCUT2D eigenvalue weighted by Gasteiger charge is -2.30. The fraction of sp³-hybridized carbons (Fsp3) is 0.524. The minimum absolute atomic E-state index is 0.0243. The van der Waals surface area contributed by atoms with Gasteiger partial charge in [0.1, 0.15) is 17.7 Å². The smallest absolute Gasteiger partial charge is 0.453 e. The molecule has 5 unspecified atom stereocenters. The summed E-state index contributed by atoms with van der Waals surface area (Å²) in [4.78, 5) is 65.0. The van der Waals surface area contributed by atoms with Gasteiger partial charge in [-0.3, -0.25) is 19.1 Å². The molecule has 2 aromatic heterocycles. The Morgan fingerprint density at radius 3 is 2.40 bits per heavy atom. The highest BCUT2D eigenvalue weighted by Crippen LogP contribution is 2.51. The molecule has 324 valence electrons. The number of nitrogens with one attached hydrogen (secondary N) is 5. The van der Waals surface area contributed by atoms with Crippen molar-refractivity contribution in [2.45, 2.75) is 91.3 Å². The molecular weight excluding hydrogens is 805 g/mol. The number of anilines is 1. The van der Waals surface area contributed by atoms with Gasteiger partial charge in [0, 0.05) is 43.9 Å². The Bertz CT molecular complexity index is 2090. The second kappa shape index (κ2) is 18.2. The molecule has 1 saturated heterocycles. The van der Waals surface area contributed by atoms with Crippen molar-refractivity contribution >= 4 is 46.8 Å². The van der Waals surface area contributed by atoms with Gasteiger partial charge in [-0.05, 0) is 77.9 Å². The van der Waals surface area contributed by atoms with Crippen molar-refractivity contribution < 1.29 is 41.8 Å². The second-order valence-electron chi connectivity index (χ2n) is 16.8. The fourth-order valence-corrected chi connectivity index (χ4v) is 8.08. The van der Waals surface area contributed by atoms with Gasteiger partial charge in [0.25, 0.3) is 5.91 Å². The number of hydrogen-bond donors (Lipinski definition) is 5. The molecule has 0 aromatic carbocycles. The van der Waals surface area contributed by atoms with E-state index in [2.05, 4.69) is 54.8 Å². The van der Waals surface area contributed by atoms with Crippen molar-refractivity contribution in [3.8, 4) is 0 Å². The van der Waals surface area contributed by atoms with E-state index in [0.717, 1.165) is 12.0 Å². The van der Waals surface area contributed by atoms with Crippen LogP contribution in [0.1, 0.15) is 94.6 Å². The van der Waals surface area contributed by atoms with Crippen LogP contribution >= 0.6 is 11.6 Å². The number of likely N-dealkylation sites (tertiary alicyclic amines) is 1.